The van der Waals surface area contributed by atoms with Gasteiger partial charge < -0.3 is 42.0 Å². The summed E-state index contributed by atoms with van der Waals surface area (Å²) in [5, 5.41) is 35.4. The third-order valence-corrected chi connectivity index (χ3v) is 4.57. The summed E-state index contributed by atoms with van der Waals surface area (Å²) in [7, 11) is 0. The summed E-state index contributed by atoms with van der Waals surface area (Å²) in [6.07, 6.45) is 1.74. The van der Waals surface area contributed by atoms with Gasteiger partial charge in [0.25, 0.3) is 0 Å². The second-order valence-corrected chi connectivity index (χ2v) is 7.88. The van der Waals surface area contributed by atoms with Gasteiger partial charge in [0.05, 0.1) is 19.0 Å². The van der Waals surface area contributed by atoms with Crippen LogP contribution >= 0.6 is 0 Å². The summed E-state index contributed by atoms with van der Waals surface area (Å²) in [5.41, 5.74) is 6.10. The number of imidazole rings is 1. The molecule has 5 unspecified atom stereocenters. The molecule has 0 fully saturated rings. The summed E-state index contributed by atoms with van der Waals surface area (Å²) in [6.45, 7) is 4.09. The summed E-state index contributed by atoms with van der Waals surface area (Å²) >= 11 is 0. The molecule has 0 saturated carbocycles. The number of nitrogens with two attached hydrogens (primary N) is 1. The topological polar surface area (TPSA) is 220 Å². The molecule has 5 atom stereocenters. The van der Waals surface area contributed by atoms with Gasteiger partial charge in [-0.05, 0) is 19.3 Å². The lowest BCUT2D eigenvalue weighted by Crippen LogP contribution is -2.59. The van der Waals surface area contributed by atoms with Crippen LogP contribution in [0.2, 0.25) is 0 Å². The van der Waals surface area contributed by atoms with Gasteiger partial charge in [0.15, 0.2) is 0 Å². The largest absolute Gasteiger partial charge is 0.480 e. The average molecular weight is 457 g/mol. The number of aliphatic hydroxyl groups excluding tert-OH is 2. The number of amides is 3. The number of nitrogens with one attached hydrogen (secondary N) is 4. The van der Waals surface area contributed by atoms with Gasteiger partial charge in [0.1, 0.15) is 24.2 Å². The van der Waals surface area contributed by atoms with Gasteiger partial charge in [-0.1, -0.05) is 13.8 Å². The number of H-pyrrole nitrogens is 1. The van der Waals surface area contributed by atoms with Crippen LogP contribution in [0.3, 0.4) is 0 Å². The number of aliphatic hydroxyl groups is 2. The van der Waals surface area contributed by atoms with E-state index in [0.29, 0.717) is 5.69 Å². The molecule has 0 radical (unpaired) electrons. The first kappa shape index (κ1) is 27.0. The van der Waals surface area contributed by atoms with Crippen LogP contribution in [-0.2, 0) is 25.6 Å². The maximum Gasteiger partial charge on any atom is 0.326 e. The van der Waals surface area contributed by atoms with E-state index in [1.807, 2.05) is 0 Å². The van der Waals surface area contributed by atoms with Crippen molar-refractivity contribution in [3.05, 3.63) is 18.2 Å². The van der Waals surface area contributed by atoms with Crippen molar-refractivity contribution >= 4 is 23.7 Å². The Kier molecular flexibility index (Phi) is 10.7. The zero-order chi connectivity index (χ0) is 24.4. The van der Waals surface area contributed by atoms with Gasteiger partial charge in [0, 0.05) is 18.3 Å². The minimum absolute atomic E-state index is 0.0225. The van der Waals surface area contributed by atoms with Crippen molar-refractivity contribution < 1.29 is 34.5 Å². The molecule has 32 heavy (non-hydrogen) atoms. The van der Waals surface area contributed by atoms with Crippen molar-refractivity contribution in [1.82, 2.24) is 25.9 Å². The fraction of sp³-hybridized carbons (Fsp3) is 0.632. The first-order valence-electron chi connectivity index (χ1n) is 10.1. The molecular formula is C19H32N6O7. The molecule has 3 amide bonds. The number of carbonyl (C=O) groups excluding carboxylic acids is 3. The van der Waals surface area contributed by atoms with Gasteiger partial charge in [-0.2, -0.15) is 0 Å². The predicted octanol–water partition coefficient (Wildman–Crippen LogP) is -2.76. The standard InChI is InChI=1S/C19H32N6O7/c1-9(2)4-13(19(31)32)24-17(29)14(7-26)25-16(28)12(5-11-6-21-8-22-11)23-18(30)15(20)10(3)27/h6,8-10,12-15,26-27H,4-5,7,20H2,1-3H3,(H,21,22)(H,23,30)(H,24,29)(H,25,28)(H,31,32). The van der Waals surface area contributed by atoms with Crippen LogP contribution in [0.15, 0.2) is 12.5 Å². The molecule has 0 aliphatic rings. The maximum absolute atomic E-state index is 12.8. The van der Waals surface area contributed by atoms with Gasteiger partial charge in [-0.3, -0.25) is 14.4 Å². The smallest absolute Gasteiger partial charge is 0.326 e. The van der Waals surface area contributed by atoms with Gasteiger partial charge in [-0.15, -0.1) is 0 Å². The maximum atomic E-state index is 12.8. The van der Waals surface area contributed by atoms with Crippen LogP contribution in [0.4, 0.5) is 0 Å². The average Bonchev–Trinajstić information content (AvgIpc) is 3.22. The van der Waals surface area contributed by atoms with Crippen LogP contribution in [0, 0.1) is 5.92 Å². The number of carboxylic acids is 1. The zero-order valence-corrected chi connectivity index (χ0v) is 18.2. The molecule has 0 aliphatic heterocycles. The molecule has 0 bridgehead atoms. The lowest BCUT2D eigenvalue weighted by Gasteiger charge is -2.25. The zero-order valence-electron chi connectivity index (χ0n) is 18.2. The third-order valence-electron chi connectivity index (χ3n) is 4.57. The lowest BCUT2D eigenvalue weighted by molar-refractivity contribution is -0.143. The van der Waals surface area contributed by atoms with Gasteiger partial charge in [-0.25, -0.2) is 9.78 Å². The summed E-state index contributed by atoms with van der Waals surface area (Å²) in [6, 6.07) is -5.17. The Morgan fingerprint density at radius 1 is 1.03 bits per heavy atom. The first-order valence-corrected chi connectivity index (χ1v) is 10.1. The molecule has 0 aromatic carbocycles. The Hall–Kier alpha value is -3.03. The van der Waals surface area contributed by atoms with E-state index in [-0.39, 0.29) is 18.8 Å². The Labute approximate surface area is 185 Å². The summed E-state index contributed by atoms with van der Waals surface area (Å²) in [4.78, 5) is 55.5. The van der Waals surface area contributed by atoms with E-state index in [0.717, 1.165) is 0 Å². The number of carboxylic acid groups (broad SMARTS) is 1. The number of rotatable bonds is 13. The Bertz CT molecular complexity index is 768. The molecule has 9 N–H and O–H groups in total. The molecule has 1 aromatic rings. The van der Waals surface area contributed by atoms with Crippen molar-refractivity contribution in [2.24, 2.45) is 11.7 Å². The van der Waals surface area contributed by atoms with Crippen LogP contribution in [0.25, 0.3) is 0 Å². The van der Waals surface area contributed by atoms with Gasteiger partial charge in [0.2, 0.25) is 17.7 Å². The fourth-order valence-corrected chi connectivity index (χ4v) is 2.74. The minimum atomic E-state index is -1.46. The highest BCUT2D eigenvalue weighted by molar-refractivity contribution is 5.94. The number of carbonyl (C=O) groups is 4. The van der Waals surface area contributed by atoms with E-state index < -0.39 is 60.6 Å². The monoisotopic (exact) mass is 456 g/mol. The first-order chi connectivity index (χ1) is 15.0. The molecular weight excluding hydrogens is 424 g/mol. The van der Waals surface area contributed by atoms with Crippen LogP contribution < -0.4 is 21.7 Å². The van der Waals surface area contributed by atoms with E-state index >= 15 is 0 Å². The summed E-state index contributed by atoms with van der Waals surface area (Å²) < 4.78 is 0. The normalized spacial score (nSPS) is 15.8. The highest BCUT2D eigenvalue weighted by Gasteiger charge is 2.31. The van der Waals surface area contributed by atoms with Crippen molar-refractivity contribution in [2.75, 3.05) is 6.61 Å². The number of hydrogen-bond donors (Lipinski definition) is 8. The fourth-order valence-electron chi connectivity index (χ4n) is 2.74. The molecule has 13 heteroatoms. The van der Waals surface area contributed by atoms with E-state index in [1.54, 1.807) is 13.8 Å². The molecule has 0 spiro atoms. The van der Waals surface area contributed by atoms with Crippen molar-refractivity contribution in [2.45, 2.75) is 63.9 Å². The van der Waals surface area contributed by atoms with Gasteiger partial charge >= 0.3 is 5.97 Å². The van der Waals surface area contributed by atoms with Crippen LogP contribution in [0.1, 0.15) is 32.9 Å². The number of aliphatic carboxylic acids is 1. The summed E-state index contributed by atoms with van der Waals surface area (Å²) in [5.74, 6) is -3.78. The Balaban J connectivity index is 2.93. The van der Waals surface area contributed by atoms with Crippen LogP contribution in [0.5, 0.6) is 0 Å². The second kappa shape index (κ2) is 12.7. The molecule has 1 aromatic heterocycles. The molecule has 180 valence electrons. The predicted molar refractivity (Wildman–Crippen MR) is 112 cm³/mol. The van der Waals surface area contributed by atoms with Crippen molar-refractivity contribution in [1.29, 1.82) is 0 Å². The second-order valence-electron chi connectivity index (χ2n) is 7.88. The van der Waals surface area contributed by atoms with Crippen LogP contribution in [-0.4, -0.2) is 85.9 Å². The van der Waals surface area contributed by atoms with Crippen molar-refractivity contribution in [3.8, 4) is 0 Å². The third kappa shape index (κ3) is 8.61. The number of hydrogen-bond acceptors (Lipinski definition) is 8. The van der Waals surface area contributed by atoms with E-state index in [4.69, 9.17) is 5.73 Å². The number of aromatic nitrogens is 2. The molecule has 13 nitrogen and oxygen atoms in total. The Morgan fingerprint density at radius 2 is 1.59 bits per heavy atom. The highest BCUT2D eigenvalue weighted by Crippen LogP contribution is 2.06. The quantitative estimate of drug-likeness (QED) is 0.154. The lowest BCUT2D eigenvalue weighted by atomic mass is 10.0. The SMILES string of the molecule is CC(C)CC(NC(=O)C(CO)NC(=O)C(Cc1cnc[nH]1)NC(=O)C(N)C(C)O)C(=O)O. The minimum Gasteiger partial charge on any atom is -0.480 e. The van der Waals surface area contributed by atoms with E-state index in [1.165, 1.54) is 19.4 Å². The number of nitrogens with zero attached hydrogens (tertiary/aromatic N) is 1. The molecule has 0 saturated heterocycles. The van der Waals surface area contributed by atoms with Crippen molar-refractivity contribution in [3.63, 3.8) is 0 Å². The Morgan fingerprint density at radius 3 is 2.06 bits per heavy atom. The van der Waals surface area contributed by atoms with E-state index in [9.17, 15) is 34.5 Å². The number of aromatic amines is 1. The molecule has 1 heterocycles. The molecule has 1 rings (SSSR count). The molecule has 0 aliphatic carbocycles. The van der Waals surface area contributed by atoms with E-state index in [2.05, 4.69) is 25.9 Å². The highest BCUT2D eigenvalue weighted by atomic mass is 16.4.